The van der Waals surface area contributed by atoms with Gasteiger partial charge in [-0.2, -0.15) is 0 Å². The standard InChI is InChI=1S/C26H38ClN3O3/c1-7-21-29-22(24(31)28-16-26(32)12-10-17(2)11-13-26)23(27)30(21)19-9-8-18(15-25(3,4)5)20(14-19)33-6/h8-9,14,17,32H,7,10-13,15-16H2,1-6H3,(H,28,31). The fourth-order valence-electron chi connectivity index (χ4n) is 4.48. The van der Waals surface area contributed by atoms with Crippen molar-refractivity contribution in [3.8, 4) is 11.4 Å². The molecule has 0 radical (unpaired) electrons. The summed E-state index contributed by atoms with van der Waals surface area (Å²) in [5.74, 6) is 1.73. The third kappa shape index (κ3) is 6.10. The van der Waals surface area contributed by atoms with Crippen molar-refractivity contribution in [2.24, 2.45) is 11.3 Å². The van der Waals surface area contributed by atoms with Crippen molar-refractivity contribution in [1.29, 1.82) is 0 Å². The van der Waals surface area contributed by atoms with Crippen LogP contribution in [-0.2, 0) is 12.8 Å². The number of aliphatic hydroxyl groups is 1. The lowest BCUT2D eigenvalue weighted by atomic mass is 9.79. The number of hydrogen-bond acceptors (Lipinski definition) is 4. The summed E-state index contributed by atoms with van der Waals surface area (Å²) in [5, 5.41) is 13.9. The molecule has 182 valence electrons. The Bertz CT molecular complexity index is 985. The van der Waals surface area contributed by atoms with Crippen LogP contribution in [0.3, 0.4) is 0 Å². The van der Waals surface area contributed by atoms with Crippen LogP contribution in [0.2, 0.25) is 5.15 Å². The maximum atomic E-state index is 13.0. The van der Waals surface area contributed by atoms with Gasteiger partial charge in [0.05, 0.1) is 18.4 Å². The average molecular weight is 476 g/mol. The van der Waals surface area contributed by atoms with E-state index in [1.54, 1.807) is 11.7 Å². The molecule has 7 heteroatoms. The lowest BCUT2D eigenvalue weighted by Gasteiger charge is -2.34. The number of carbonyl (C=O) groups is 1. The molecule has 2 N–H and O–H groups in total. The molecule has 1 amide bonds. The Balaban J connectivity index is 1.85. The van der Waals surface area contributed by atoms with Gasteiger partial charge < -0.3 is 15.2 Å². The number of rotatable bonds is 7. The molecule has 1 aromatic carbocycles. The summed E-state index contributed by atoms with van der Waals surface area (Å²) < 4.78 is 7.46. The van der Waals surface area contributed by atoms with Gasteiger partial charge in [0.25, 0.3) is 5.91 Å². The van der Waals surface area contributed by atoms with Gasteiger partial charge in [0.15, 0.2) is 5.69 Å². The van der Waals surface area contributed by atoms with E-state index in [1.165, 1.54) is 0 Å². The van der Waals surface area contributed by atoms with E-state index in [-0.39, 0.29) is 28.7 Å². The third-order valence-corrected chi connectivity index (χ3v) is 6.80. The molecule has 1 heterocycles. The molecule has 0 atom stereocenters. The van der Waals surface area contributed by atoms with E-state index < -0.39 is 5.60 Å². The molecule has 2 aromatic rings. The summed E-state index contributed by atoms with van der Waals surface area (Å²) >= 11 is 6.69. The van der Waals surface area contributed by atoms with E-state index in [2.05, 4.69) is 44.1 Å². The second-order valence-corrected chi connectivity index (χ2v) is 11.0. The number of nitrogens with one attached hydrogen (secondary N) is 1. The molecule has 1 fully saturated rings. The molecule has 1 aliphatic carbocycles. The normalized spacial score (nSPS) is 21.2. The Hall–Kier alpha value is -2.05. The summed E-state index contributed by atoms with van der Waals surface area (Å²) in [4.78, 5) is 17.5. The van der Waals surface area contributed by atoms with Crippen LogP contribution in [0.25, 0.3) is 5.69 Å². The molecule has 1 aliphatic rings. The summed E-state index contributed by atoms with van der Waals surface area (Å²) in [7, 11) is 1.66. The van der Waals surface area contributed by atoms with Crippen LogP contribution in [0.1, 0.15) is 82.2 Å². The molecule has 1 aromatic heterocycles. The number of benzene rings is 1. The predicted octanol–water partition coefficient (Wildman–Crippen LogP) is 5.36. The van der Waals surface area contributed by atoms with Crippen LogP contribution < -0.4 is 10.1 Å². The SMILES string of the molecule is CCc1nc(C(=O)NCC2(O)CCC(C)CC2)c(Cl)n1-c1ccc(CC(C)(C)C)c(OC)c1. The number of aryl methyl sites for hydroxylation is 1. The highest BCUT2D eigenvalue weighted by atomic mass is 35.5. The Labute approximate surface area is 202 Å². The zero-order valence-electron chi connectivity index (χ0n) is 20.8. The fraction of sp³-hybridized carbons (Fsp3) is 0.615. The molecule has 0 spiro atoms. The highest BCUT2D eigenvalue weighted by Crippen LogP contribution is 2.33. The third-order valence-electron chi connectivity index (χ3n) is 6.45. The summed E-state index contributed by atoms with van der Waals surface area (Å²) in [5.41, 5.74) is 1.37. The summed E-state index contributed by atoms with van der Waals surface area (Å²) in [6.45, 7) is 11.0. The van der Waals surface area contributed by atoms with E-state index in [0.717, 1.165) is 36.3 Å². The van der Waals surface area contributed by atoms with Crippen LogP contribution in [0, 0.1) is 11.3 Å². The molecule has 33 heavy (non-hydrogen) atoms. The lowest BCUT2D eigenvalue weighted by Crippen LogP contribution is -2.45. The first kappa shape index (κ1) is 25.6. The van der Waals surface area contributed by atoms with Gasteiger partial charge in [-0.15, -0.1) is 0 Å². The zero-order valence-corrected chi connectivity index (χ0v) is 21.6. The van der Waals surface area contributed by atoms with Crippen LogP contribution in [-0.4, -0.2) is 39.8 Å². The highest BCUT2D eigenvalue weighted by molar-refractivity contribution is 6.32. The van der Waals surface area contributed by atoms with Crippen molar-refractivity contribution in [2.75, 3.05) is 13.7 Å². The molecule has 0 bridgehead atoms. The fourth-order valence-corrected chi connectivity index (χ4v) is 4.81. The van der Waals surface area contributed by atoms with E-state index in [9.17, 15) is 9.90 Å². The number of aromatic nitrogens is 2. The molecule has 3 rings (SSSR count). The first-order valence-electron chi connectivity index (χ1n) is 11.9. The van der Waals surface area contributed by atoms with Crippen molar-refractivity contribution in [2.45, 2.75) is 78.7 Å². The Morgan fingerprint density at radius 3 is 2.58 bits per heavy atom. The molecule has 1 saturated carbocycles. The first-order valence-corrected chi connectivity index (χ1v) is 12.3. The Kier molecular flexibility index (Phi) is 7.80. The van der Waals surface area contributed by atoms with E-state index in [4.69, 9.17) is 16.3 Å². The second kappa shape index (κ2) is 10.1. The maximum Gasteiger partial charge on any atom is 0.273 e. The number of methoxy groups -OCH3 is 1. The average Bonchev–Trinajstić information content (AvgIpc) is 3.10. The van der Waals surface area contributed by atoms with Crippen molar-refractivity contribution in [3.63, 3.8) is 0 Å². The van der Waals surface area contributed by atoms with Gasteiger partial charge >= 0.3 is 0 Å². The maximum absolute atomic E-state index is 13.0. The van der Waals surface area contributed by atoms with E-state index in [0.29, 0.717) is 31.0 Å². The molecular formula is C26H38ClN3O3. The van der Waals surface area contributed by atoms with Gasteiger partial charge in [0.1, 0.15) is 16.7 Å². The predicted molar refractivity (Wildman–Crippen MR) is 133 cm³/mol. The van der Waals surface area contributed by atoms with Crippen LogP contribution >= 0.6 is 11.6 Å². The van der Waals surface area contributed by atoms with Crippen molar-refractivity contribution < 1.29 is 14.6 Å². The Morgan fingerprint density at radius 2 is 2.00 bits per heavy atom. The van der Waals surface area contributed by atoms with Gasteiger partial charge in [-0.3, -0.25) is 9.36 Å². The second-order valence-electron chi connectivity index (χ2n) is 10.7. The van der Waals surface area contributed by atoms with Gasteiger partial charge in [-0.05, 0) is 55.1 Å². The van der Waals surface area contributed by atoms with Gasteiger partial charge in [-0.25, -0.2) is 4.98 Å². The highest BCUT2D eigenvalue weighted by Gasteiger charge is 2.33. The van der Waals surface area contributed by atoms with Gasteiger partial charge in [0, 0.05) is 19.0 Å². The zero-order chi connectivity index (χ0) is 24.4. The number of hydrogen-bond donors (Lipinski definition) is 2. The molecular weight excluding hydrogens is 438 g/mol. The van der Waals surface area contributed by atoms with Crippen molar-refractivity contribution in [1.82, 2.24) is 14.9 Å². The van der Waals surface area contributed by atoms with Crippen molar-refractivity contribution >= 4 is 17.5 Å². The van der Waals surface area contributed by atoms with Crippen LogP contribution in [0.4, 0.5) is 0 Å². The smallest absolute Gasteiger partial charge is 0.273 e. The Morgan fingerprint density at radius 1 is 1.33 bits per heavy atom. The van der Waals surface area contributed by atoms with Crippen LogP contribution in [0.15, 0.2) is 18.2 Å². The number of amides is 1. The number of nitrogens with zero attached hydrogens (tertiary/aromatic N) is 2. The minimum atomic E-state index is -0.860. The largest absolute Gasteiger partial charge is 0.496 e. The quantitative estimate of drug-likeness (QED) is 0.565. The molecule has 0 saturated heterocycles. The molecule has 0 aliphatic heterocycles. The minimum absolute atomic E-state index is 0.127. The molecule has 0 unspecified atom stereocenters. The van der Waals surface area contributed by atoms with Crippen LogP contribution in [0.5, 0.6) is 5.75 Å². The lowest BCUT2D eigenvalue weighted by molar-refractivity contribution is -0.00543. The number of ether oxygens (including phenoxy) is 1. The summed E-state index contributed by atoms with van der Waals surface area (Å²) in [6, 6.07) is 5.99. The molecule has 6 nitrogen and oxygen atoms in total. The number of carbonyl (C=O) groups excluding carboxylic acids is 1. The monoisotopic (exact) mass is 475 g/mol. The first-order chi connectivity index (χ1) is 15.5. The topological polar surface area (TPSA) is 76.4 Å². The number of halogens is 1. The van der Waals surface area contributed by atoms with E-state index in [1.807, 2.05) is 19.1 Å². The van der Waals surface area contributed by atoms with Gasteiger partial charge in [0.2, 0.25) is 0 Å². The van der Waals surface area contributed by atoms with Gasteiger partial charge in [-0.1, -0.05) is 52.3 Å². The van der Waals surface area contributed by atoms with Crippen molar-refractivity contribution in [3.05, 3.63) is 40.4 Å². The number of imidazole rings is 1. The minimum Gasteiger partial charge on any atom is -0.496 e. The van der Waals surface area contributed by atoms with E-state index >= 15 is 0 Å². The summed E-state index contributed by atoms with van der Waals surface area (Å²) in [6.07, 6.45) is 4.81.